The van der Waals surface area contributed by atoms with Gasteiger partial charge in [0.15, 0.2) is 11.8 Å². The van der Waals surface area contributed by atoms with Crippen molar-refractivity contribution in [3.8, 4) is 0 Å². The average molecular weight is 297 g/mol. The Bertz CT molecular complexity index is 687. The number of fused-ring (bicyclic) bond motifs is 1. The Morgan fingerprint density at radius 3 is 2.75 bits per heavy atom. The minimum absolute atomic E-state index is 0.0130. The Morgan fingerprint density at radius 1 is 1.30 bits per heavy atom. The van der Waals surface area contributed by atoms with Gasteiger partial charge in [-0.25, -0.2) is 4.39 Å². The van der Waals surface area contributed by atoms with Gasteiger partial charge < -0.3 is 22.2 Å². The van der Waals surface area contributed by atoms with Crippen LogP contribution in [0.15, 0.2) is 28.3 Å². The molecule has 20 heavy (non-hydrogen) atoms. The molecule has 2 rings (SSSR count). The van der Waals surface area contributed by atoms with Crippen LogP contribution in [0.5, 0.6) is 0 Å². The van der Waals surface area contributed by atoms with Crippen LogP contribution < -0.4 is 17.2 Å². The van der Waals surface area contributed by atoms with Crippen LogP contribution in [-0.4, -0.2) is 23.4 Å². The van der Waals surface area contributed by atoms with E-state index in [2.05, 4.69) is 15.0 Å². The van der Waals surface area contributed by atoms with E-state index in [9.17, 15) is 4.39 Å². The number of hydrogen-bond acceptors (Lipinski definition) is 1. The van der Waals surface area contributed by atoms with Gasteiger partial charge in [-0.2, -0.15) is 4.99 Å². The summed E-state index contributed by atoms with van der Waals surface area (Å²) in [7, 11) is 0. The minimum Gasteiger partial charge on any atom is -0.370 e. The maximum atomic E-state index is 13.7. The van der Waals surface area contributed by atoms with Crippen molar-refractivity contribution in [2.24, 2.45) is 27.2 Å². The highest BCUT2D eigenvalue weighted by molar-refractivity contribution is 6.31. The lowest BCUT2D eigenvalue weighted by Crippen LogP contribution is -2.26. The van der Waals surface area contributed by atoms with Crippen molar-refractivity contribution in [1.82, 2.24) is 4.98 Å². The number of guanidine groups is 2. The molecule has 2 aromatic rings. The van der Waals surface area contributed by atoms with E-state index in [4.69, 9.17) is 28.8 Å². The largest absolute Gasteiger partial charge is 0.370 e. The van der Waals surface area contributed by atoms with Crippen LogP contribution in [0.2, 0.25) is 5.02 Å². The first-order valence-corrected chi connectivity index (χ1v) is 6.20. The molecule has 0 saturated heterocycles. The summed E-state index contributed by atoms with van der Waals surface area (Å²) in [6, 6.07) is 3.28. The number of rotatable bonds is 3. The Labute approximate surface area is 119 Å². The molecule has 0 bridgehead atoms. The Kier molecular flexibility index (Phi) is 4.09. The van der Waals surface area contributed by atoms with Gasteiger partial charge in [-0.05, 0) is 18.1 Å². The topological polar surface area (TPSA) is 119 Å². The number of nitrogens with two attached hydrogens (primary N) is 3. The van der Waals surface area contributed by atoms with Crippen LogP contribution >= 0.6 is 11.6 Å². The zero-order valence-electron chi connectivity index (χ0n) is 10.5. The SMILES string of the molecule is NC(N)=NC(N)=NCCc1c[nH]c2c(F)c(Cl)ccc12. The maximum absolute atomic E-state index is 13.7. The second-order valence-electron chi connectivity index (χ2n) is 4.12. The molecule has 0 amide bonds. The fraction of sp³-hybridized carbons (Fsp3) is 0.167. The van der Waals surface area contributed by atoms with Crippen LogP contribution in [0.4, 0.5) is 4.39 Å². The lowest BCUT2D eigenvalue weighted by atomic mass is 10.1. The number of hydrogen-bond donors (Lipinski definition) is 4. The third kappa shape index (κ3) is 3.00. The van der Waals surface area contributed by atoms with E-state index in [1.807, 2.05) is 0 Å². The fourth-order valence-electron chi connectivity index (χ4n) is 1.86. The molecule has 0 radical (unpaired) electrons. The van der Waals surface area contributed by atoms with Gasteiger partial charge in [0.1, 0.15) is 0 Å². The first-order valence-electron chi connectivity index (χ1n) is 5.82. The van der Waals surface area contributed by atoms with Crippen molar-refractivity contribution in [2.45, 2.75) is 6.42 Å². The number of aromatic nitrogens is 1. The lowest BCUT2D eigenvalue weighted by molar-refractivity contribution is 0.638. The monoisotopic (exact) mass is 296 g/mol. The summed E-state index contributed by atoms with van der Waals surface area (Å²) in [5, 5.41) is 0.850. The molecule has 0 fully saturated rings. The lowest BCUT2D eigenvalue weighted by Gasteiger charge is -1.99. The predicted octanol–water partition coefficient (Wildman–Crippen LogP) is 1.09. The summed E-state index contributed by atoms with van der Waals surface area (Å²) in [5.41, 5.74) is 17.1. The van der Waals surface area contributed by atoms with Gasteiger partial charge in [0.05, 0.1) is 10.5 Å². The number of aromatic amines is 1. The Morgan fingerprint density at radius 2 is 2.05 bits per heavy atom. The highest BCUT2D eigenvalue weighted by Crippen LogP contribution is 2.26. The van der Waals surface area contributed by atoms with E-state index in [0.29, 0.717) is 18.5 Å². The molecule has 0 spiro atoms. The normalized spacial score (nSPS) is 11.8. The molecule has 0 aliphatic carbocycles. The standard InChI is InChI=1S/C12H14ClFN6/c13-8-2-1-7-6(5-19-10(7)9(8)14)3-4-18-12(17)20-11(15)16/h1-2,5,19H,3-4H2,(H6,15,16,17,18,20). The van der Waals surface area contributed by atoms with Gasteiger partial charge in [-0.1, -0.05) is 17.7 Å². The van der Waals surface area contributed by atoms with Crippen LogP contribution in [0.3, 0.4) is 0 Å². The van der Waals surface area contributed by atoms with Gasteiger partial charge >= 0.3 is 0 Å². The van der Waals surface area contributed by atoms with Crippen LogP contribution in [0.25, 0.3) is 10.9 Å². The van der Waals surface area contributed by atoms with Crippen molar-refractivity contribution < 1.29 is 4.39 Å². The summed E-state index contributed by atoms with van der Waals surface area (Å²) in [4.78, 5) is 10.5. The molecule has 106 valence electrons. The number of H-pyrrole nitrogens is 1. The summed E-state index contributed by atoms with van der Waals surface area (Å²) in [6.07, 6.45) is 2.29. The molecule has 0 saturated carbocycles. The molecular formula is C12H14ClFN6. The minimum atomic E-state index is -0.459. The highest BCUT2D eigenvalue weighted by atomic mass is 35.5. The van der Waals surface area contributed by atoms with Crippen molar-refractivity contribution in [1.29, 1.82) is 0 Å². The molecule has 6 nitrogen and oxygen atoms in total. The zero-order chi connectivity index (χ0) is 14.7. The third-order valence-corrected chi connectivity index (χ3v) is 3.02. The first-order chi connectivity index (χ1) is 9.49. The molecule has 0 aliphatic rings. The summed E-state index contributed by atoms with van der Waals surface area (Å²) < 4.78 is 13.7. The van der Waals surface area contributed by atoms with Crippen LogP contribution in [0.1, 0.15) is 5.56 Å². The number of nitrogens with one attached hydrogen (secondary N) is 1. The maximum Gasteiger partial charge on any atom is 0.218 e. The fourth-order valence-corrected chi connectivity index (χ4v) is 2.02. The van der Waals surface area contributed by atoms with Gasteiger partial charge in [0, 0.05) is 18.1 Å². The first kappa shape index (κ1) is 14.1. The third-order valence-electron chi connectivity index (χ3n) is 2.73. The summed E-state index contributed by atoms with van der Waals surface area (Å²) in [6.45, 7) is 0.389. The quantitative estimate of drug-likeness (QED) is 0.501. The molecule has 7 N–H and O–H groups in total. The van der Waals surface area contributed by atoms with E-state index in [-0.39, 0.29) is 16.9 Å². The number of halogens is 2. The van der Waals surface area contributed by atoms with Crippen molar-refractivity contribution in [3.63, 3.8) is 0 Å². The Hall–Kier alpha value is -2.28. The number of benzene rings is 1. The molecule has 0 atom stereocenters. The van der Waals surface area contributed by atoms with Crippen molar-refractivity contribution >= 4 is 34.4 Å². The average Bonchev–Trinajstić information content (AvgIpc) is 2.77. The predicted molar refractivity (Wildman–Crippen MR) is 79.3 cm³/mol. The van der Waals surface area contributed by atoms with E-state index < -0.39 is 5.82 Å². The molecule has 0 aliphatic heterocycles. The zero-order valence-corrected chi connectivity index (χ0v) is 11.3. The molecule has 1 aromatic carbocycles. The number of nitrogens with zero attached hydrogens (tertiary/aromatic N) is 2. The number of aliphatic imine (C=N–C) groups is 2. The van der Waals surface area contributed by atoms with Crippen LogP contribution in [0, 0.1) is 5.82 Å². The molecule has 0 unspecified atom stereocenters. The molecule has 8 heteroatoms. The van der Waals surface area contributed by atoms with E-state index >= 15 is 0 Å². The van der Waals surface area contributed by atoms with Crippen molar-refractivity contribution in [2.75, 3.05) is 6.54 Å². The van der Waals surface area contributed by atoms with E-state index in [1.165, 1.54) is 6.07 Å². The smallest absolute Gasteiger partial charge is 0.218 e. The highest BCUT2D eigenvalue weighted by Gasteiger charge is 2.10. The van der Waals surface area contributed by atoms with E-state index in [0.717, 1.165) is 10.9 Å². The van der Waals surface area contributed by atoms with Gasteiger partial charge in [0.2, 0.25) is 5.96 Å². The second-order valence-corrected chi connectivity index (χ2v) is 4.53. The summed E-state index contributed by atoms with van der Waals surface area (Å²) in [5.74, 6) is -0.590. The van der Waals surface area contributed by atoms with Gasteiger partial charge in [-0.3, -0.25) is 4.99 Å². The second kappa shape index (κ2) is 5.79. The van der Waals surface area contributed by atoms with Gasteiger partial charge in [0.25, 0.3) is 0 Å². The van der Waals surface area contributed by atoms with Crippen LogP contribution in [-0.2, 0) is 6.42 Å². The Balaban J connectivity index is 2.16. The molecule has 1 heterocycles. The van der Waals surface area contributed by atoms with E-state index in [1.54, 1.807) is 12.3 Å². The van der Waals surface area contributed by atoms with Crippen molar-refractivity contribution in [3.05, 3.63) is 34.7 Å². The molecular weight excluding hydrogens is 283 g/mol. The molecule has 1 aromatic heterocycles. The van der Waals surface area contributed by atoms with Gasteiger partial charge in [-0.15, -0.1) is 0 Å². The summed E-state index contributed by atoms with van der Waals surface area (Å²) >= 11 is 5.72.